The molecule has 4 heterocycles. The lowest BCUT2D eigenvalue weighted by Gasteiger charge is -2.24. The molecule has 3 aromatic heterocycles. The van der Waals surface area contributed by atoms with Gasteiger partial charge in [0.25, 0.3) is 0 Å². The summed E-state index contributed by atoms with van der Waals surface area (Å²) in [5.41, 5.74) is 11.0. The molecule has 1 aliphatic rings. The number of hydrogen-bond acceptors (Lipinski definition) is 7. The first kappa shape index (κ1) is 32.8. The Balaban J connectivity index is 1.04. The Labute approximate surface area is 323 Å². The molecule has 0 saturated carbocycles. The van der Waals surface area contributed by atoms with Gasteiger partial charge in [-0.3, -0.25) is 9.97 Å². The van der Waals surface area contributed by atoms with Crippen LogP contribution in [0.2, 0.25) is 0 Å². The molecule has 1 aliphatic heterocycles. The van der Waals surface area contributed by atoms with Crippen molar-refractivity contribution in [1.29, 1.82) is 0 Å². The van der Waals surface area contributed by atoms with Crippen molar-refractivity contribution in [3.63, 3.8) is 0 Å². The first-order chi connectivity index (χ1) is 27.7. The maximum Gasteiger partial charge on any atom is 0.170 e. The molecule has 7 heteroatoms. The molecule has 0 N–H and O–H groups in total. The number of nitrogens with zero attached hydrogens (tertiary/aromatic N) is 5. The van der Waals surface area contributed by atoms with Crippen LogP contribution in [0, 0.1) is 0 Å². The third-order valence-corrected chi connectivity index (χ3v) is 9.81. The van der Waals surface area contributed by atoms with Crippen molar-refractivity contribution < 1.29 is 9.47 Å². The van der Waals surface area contributed by atoms with Gasteiger partial charge in [-0.05, 0) is 87.0 Å². The summed E-state index contributed by atoms with van der Waals surface area (Å²) >= 11 is 0. The number of aromatic nitrogens is 5. The Hall–Kier alpha value is -7.77. The van der Waals surface area contributed by atoms with Crippen molar-refractivity contribution in [3.8, 4) is 102 Å². The van der Waals surface area contributed by atoms with Crippen LogP contribution in [0.25, 0.3) is 78.7 Å². The fraction of sp³-hybridized carbons (Fsp3) is 0. The zero-order valence-electron chi connectivity index (χ0n) is 30.0. The van der Waals surface area contributed by atoms with E-state index in [1.165, 1.54) is 0 Å². The predicted molar refractivity (Wildman–Crippen MR) is 220 cm³/mol. The second-order valence-electron chi connectivity index (χ2n) is 13.4. The molecule has 9 aromatic rings. The van der Waals surface area contributed by atoms with E-state index in [0.717, 1.165) is 61.2 Å². The molecule has 6 aromatic carbocycles. The molecule has 0 saturated heterocycles. The highest BCUT2D eigenvalue weighted by Crippen LogP contribution is 2.50. The summed E-state index contributed by atoms with van der Waals surface area (Å²) in [5.74, 6) is 4.14. The Morgan fingerprint density at radius 1 is 0.286 bits per heavy atom. The minimum absolute atomic E-state index is 0.536. The smallest absolute Gasteiger partial charge is 0.170 e. The summed E-state index contributed by atoms with van der Waals surface area (Å²) < 4.78 is 13.3. The predicted octanol–water partition coefficient (Wildman–Crippen LogP) is 12.2. The molecule has 0 bridgehead atoms. The molecule has 0 atom stereocenters. The third-order valence-electron chi connectivity index (χ3n) is 9.81. The summed E-state index contributed by atoms with van der Waals surface area (Å²) in [7, 11) is 0. The van der Waals surface area contributed by atoms with E-state index in [0.29, 0.717) is 40.5 Å². The fourth-order valence-corrected chi connectivity index (χ4v) is 6.93. The van der Waals surface area contributed by atoms with Crippen LogP contribution in [0.3, 0.4) is 0 Å². The van der Waals surface area contributed by atoms with Crippen LogP contribution < -0.4 is 9.47 Å². The van der Waals surface area contributed by atoms with Crippen LogP contribution >= 0.6 is 0 Å². The van der Waals surface area contributed by atoms with Crippen molar-refractivity contribution in [2.45, 2.75) is 0 Å². The van der Waals surface area contributed by atoms with E-state index in [1.54, 1.807) is 12.4 Å². The van der Waals surface area contributed by atoms with Crippen molar-refractivity contribution in [2.75, 3.05) is 0 Å². The summed E-state index contributed by atoms with van der Waals surface area (Å²) in [6.07, 6.45) is 7.33. The fourth-order valence-electron chi connectivity index (χ4n) is 6.93. The Bertz CT molecular complexity index is 2760. The van der Waals surface area contributed by atoms with Gasteiger partial charge in [-0.15, -0.1) is 0 Å². The quantitative estimate of drug-likeness (QED) is 0.162. The van der Waals surface area contributed by atoms with Gasteiger partial charge < -0.3 is 9.47 Å². The van der Waals surface area contributed by atoms with Crippen molar-refractivity contribution >= 4 is 0 Å². The molecule has 264 valence electrons. The minimum atomic E-state index is 0.536. The second-order valence-corrected chi connectivity index (χ2v) is 13.4. The molecule has 10 rings (SSSR count). The number of hydrogen-bond donors (Lipinski definition) is 0. The number of pyridine rings is 2. The van der Waals surface area contributed by atoms with E-state index in [-0.39, 0.29) is 0 Å². The second kappa shape index (κ2) is 14.2. The SMILES string of the molecule is c1ccc(-c2nc(-c3ccccc3)nc(-c3ccc4c(c3)Oc3cc(-c5ccc(-c6cccnc6)cc5)c(-c5ccc(-c6cccnc6)cc5)cc3O4)n2)cc1. The lowest BCUT2D eigenvalue weighted by Crippen LogP contribution is -2.02. The molecule has 0 fully saturated rings. The van der Waals surface area contributed by atoms with Gasteiger partial charge in [-0.25, -0.2) is 15.0 Å². The Morgan fingerprint density at radius 3 is 1.14 bits per heavy atom. The maximum absolute atomic E-state index is 6.68. The van der Waals surface area contributed by atoms with E-state index in [2.05, 4.69) is 82.8 Å². The van der Waals surface area contributed by atoms with E-state index >= 15 is 0 Å². The third kappa shape index (κ3) is 6.44. The zero-order chi connectivity index (χ0) is 37.3. The highest BCUT2D eigenvalue weighted by Gasteiger charge is 2.24. The lowest BCUT2D eigenvalue weighted by atomic mass is 9.92. The van der Waals surface area contributed by atoms with Crippen molar-refractivity contribution in [3.05, 3.63) is 189 Å². The van der Waals surface area contributed by atoms with Gasteiger partial charge in [0.1, 0.15) is 0 Å². The van der Waals surface area contributed by atoms with Gasteiger partial charge in [0, 0.05) is 41.5 Å². The van der Waals surface area contributed by atoms with Gasteiger partial charge in [0.2, 0.25) is 0 Å². The summed E-state index contributed by atoms with van der Waals surface area (Å²) in [6.45, 7) is 0. The average Bonchev–Trinajstić information content (AvgIpc) is 3.29. The average molecular weight is 722 g/mol. The highest BCUT2D eigenvalue weighted by atomic mass is 16.6. The summed E-state index contributed by atoms with van der Waals surface area (Å²) in [5, 5.41) is 0. The van der Waals surface area contributed by atoms with Gasteiger partial charge in [-0.2, -0.15) is 0 Å². The molecular weight excluding hydrogens is 691 g/mol. The number of benzene rings is 6. The van der Waals surface area contributed by atoms with Gasteiger partial charge in [-0.1, -0.05) is 121 Å². The first-order valence-corrected chi connectivity index (χ1v) is 18.3. The summed E-state index contributed by atoms with van der Waals surface area (Å²) in [6, 6.07) is 54.9. The van der Waals surface area contributed by atoms with Crippen molar-refractivity contribution in [2.24, 2.45) is 0 Å². The maximum atomic E-state index is 6.68. The van der Waals surface area contributed by atoms with E-state index < -0.39 is 0 Å². The highest BCUT2D eigenvalue weighted by molar-refractivity contribution is 5.88. The molecule has 0 unspecified atom stereocenters. The van der Waals surface area contributed by atoms with E-state index in [9.17, 15) is 0 Å². The topological polar surface area (TPSA) is 82.9 Å². The normalized spacial score (nSPS) is 11.5. The van der Waals surface area contributed by atoms with Gasteiger partial charge >= 0.3 is 0 Å². The first-order valence-electron chi connectivity index (χ1n) is 18.3. The standard InChI is InChI=1S/C49H31N5O2/c1-3-9-36(10-4-1)47-52-48(37-11-5-2-6-12-37)54-49(53-47)38-23-24-43-44(27-38)56-46-29-42(35-21-17-33(18-22-35)40-14-8-26-51-31-40)41(28-45(46)55-43)34-19-15-32(16-20-34)39-13-7-25-50-30-39/h1-31H. The molecular formula is C49H31N5O2. The summed E-state index contributed by atoms with van der Waals surface area (Å²) in [4.78, 5) is 23.3. The number of ether oxygens (including phenoxy) is 2. The monoisotopic (exact) mass is 721 g/mol. The van der Waals surface area contributed by atoms with Gasteiger partial charge in [0.05, 0.1) is 0 Å². The Kier molecular flexibility index (Phi) is 8.35. The lowest BCUT2D eigenvalue weighted by molar-refractivity contribution is 0.360. The van der Waals surface area contributed by atoms with E-state index in [1.807, 2.05) is 103 Å². The largest absolute Gasteiger partial charge is 0.449 e. The van der Waals surface area contributed by atoms with Crippen LogP contribution in [-0.4, -0.2) is 24.9 Å². The van der Waals surface area contributed by atoms with E-state index in [4.69, 9.17) is 24.4 Å². The van der Waals surface area contributed by atoms with Crippen LogP contribution in [0.5, 0.6) is 23.0 Å². The van der Waals surface area contributed by atoms with Crippen LogP contribution in [0.4, 0.5) is 0 Å². The molecule has 0 amide bonds. The zero-order valence-corrected chi connectivity index (χ0v) is 30.0. The Morgan fingerprint density at radius 2 is 0.679 bits per heavy atom. The van der Waals surface area contributed by atoms with Crippen LogP contribution in [0.15, 0.2) is 189 Å². The number of rotatable bonds is 7. The van der Waals surface area contributed by atoms with Crippen LogP contribution in [-0.2, 0) is 0 Å². The molecule has 0 spiro atoms. The van der Waals surface area contributed by atoms with Crippen LogP contribution in [0.1, 0.15) is 0 Å². The molecule has 0 radical (unpaired) electrons. The molecule has 7 nitrogen and oxygen atoms in total. The van der Waals surface area contributed by atoms with Gasteiger partial charge in [0.15, 0.2) is 40.5 Å². The molecule has 56 heavy (non-hydrogen) atoms. The minimum Gasteiger partial charge on any atom is -0.449 e. The molecule has 0 aliphatic carbocycles. The van der Waals surface area contributed by atoms with Crippen molar-refractivity contribution in [1.82, 2.24) is 24.9 Å². The number of fused-ring (bicyclic) bond motifs is 2.